The minimum Gasteiger partial charge on any atom is -0.385 e. The molecule has 1 fully saturated rings. The van der Waals surface area contributed by atoms with Crippen molar-refractivity contribution < 1.29 is 9.53 Å². The number of ether oxygens (including phenoxy) is 1. The topological polar surface area (TPSA) is 61.9 Å². The van der Waals surface area contributed by atoms with Gasteiger partial charge < -0.3 is 9.30 Å². The first kappa shape index (κ1) is 26.1. The highest BCUT2D eigenvalue weighted by Gasteiger charge is 2.36. The van der Waals surface area contributed by atoms with Crippen molar-refractivity contribution in [2.24, 2.45) is 18.9 Å². The van der Waals surface area contributed by atoms with Crippen LogP contribution in [0, 0.1) is 25.7 Å². The zero-order valence-electron chi connectivity index (χ0n) is 22.9. The van der Waals surface area contributed by atoms with E-state index in [1.807, 2.05) is 55.4 Å². The lowest BCUT2D eigenvalue weighted by atomic mass is 9.85. The van der Waals surface area contributed by atoms with E-state index < -0.39 is 0 Å². The Labute approximate surface area is 225 Å². The molecule has 1 aliphatic carbocycles. The Morgan fingerprint density at radius 2 is 1.92 bits per heavy atom. The summed E-state index contributed by atoms with van der Waals surface area (Å²) in [5.41, 5.74) is 7.81. The summed E-state index contributed by atoms with van der Waals surface area (Å²) in [6.45, 7) is 4.94. The molecule has 0 radical (unpaired) electrons. The van der Waals surface area contributed by atoms with Gasteiger partial charge in [-0.1, -0.05) is 18.2 Å². The molecule has 1 aliphatic rings. The molecule has 4 aromatic rings. The predicted molar refractivity (Wildman–Crippen MR) is 150 cm³/mol. The molecule has 0 unspecified atom stereocenters. The number of methoxy groups -OCH3 is 1. The monoisotopic (exact) mass is 510 g/mol. The summed E-state index contributed by atoms with van der Waals surface area (Å²) in [4.78, 5) is 18.2. The van der Waals surface area contributed by atoms with Gasteiger partial charge in [-0.2, -0.15) is 5.10 Å². The number of nitrogens with zero attached hydrogens (tertiary/aromatic N) is 4. The molecular weight excluding hydrogens is 472 g/mol. The van der Waals surface area contributed by atoms with Gasteiger partial charge in [-0.25, -0.2) is 0 Å². The number of aromatic nitrogens is 4. The summed E-state index contributed by atoms with van der Waals surface area (Å²) in [6.07, 6.45) is 12.2. The van der Waals surface area contributed by atoms with E-state index in [-0.39, 0.29) is 0 Å². The van der Waals surface area contributed by atoms with Crippen LogP contribution in [0.3, 0.4) is 0 Å². The molecule has 6 nitrogen and oxygen atoms in total. The Hall–Kier alpha value is -3.51. The molecule has 38 heavy (non-hydrogen) atoms. The average molecular weight is 511 g/mol. The van der Waals surface area contributed by atoms with Crippen LogP contribution in [0.15, 0.2) is 67.3 Å². The quantitative estimate of drug-likeness (QED) is 0.253. The molecule has 0 N–H and O–H groups in total. The summed E-state index contributed by atoms with van der Waals surface area (Å²) in [6, 6.07) is 14.6. The van der Waals surface area contributed by atoms with E-state index >= 15 is 0 Å². The number of carbonyl (C=O) groups is 1. The molecule has 1 aromatic carbocycles. The summed E-state index contributed by atoms with van der Waals surface area (Å²) in [7, 11) is 3.70. The van der Waals surface area contributed by atoms with Gasteiger partial charge in [0.25, 0.3) is 0 Å². The zero-order valence-corrected chi connectivity index (χ0v) is 22.9. The second-order valence-corrected chi connectivity index (χ2v) is 10.9. The first-order valence-corrected chi connectivity index (χ1v) is 13.6. The Bertz CT molecular complexity index is 1390. The van der Waals surface area contributed by atoms with Crippen LogP contribution in [0.4, 0.5) is 0 Å². The van der Waals surface area contributed by atoms with Crippen molar-refractivity contribution in [1.82, 2.24) is 19.3 Å². The molecule has 3 aromatic heterocycles. The summed E-state index contributed by atoms with van der Waals surface area (Å²) < 4.78 is 9.39. The van der Waals surface area contributed by atoms with Crippen LogP contribution in [0.2, 0.25) is 0 Å². The number of benzene rings is 1. The average Bonchev–Trinajstić information content (AvgIpc) is 3.61. The molecule has 0 spiro atoms. The minimum absolute atomic E-state index is 0.300. The van der Waals surface area contributed by atoms with Crippen molar-refractivity contribution in [2.45, 2.75) is 51.9 Å². The molecule has 5 rings (SSSR count). The van der Waals surface area contributed by atoms with E-state index in [1.54, 1.807) is 7.11 Å². The SMILES string of the molecule is COCC[C@@H]1C[C@@H](CC(=O)Cc2c(C)c(-c3cnn(C)c3)cn2-c2ccccc2)[C@H](c2ccnc(C)c2)C1. The van der Waals surface area contributed by atoms with Gasteiger partial charge in [-0.05, 0) is 86.3 Å². The predicted octanol–water partition coefficient (Wildman–Crippen LogP) is 6.24. The number of hydrogen-bond donors (Lipinski definition) is 0. The molecule has 0 bridgehead atoms. The van der Waals surface area contributed by atoms with Crippen molar-refractivity contribution in [2.75, 3.05) is 13.7 Å². The van der Waals surface area contributed by atoms with Crippen molar-refractivity contribution in [1.29, 1.82) is 0 Å². The van der Waals surface area contributed by atoms with Crippen LogP contribution >= 0.6 is 0 Å². The van der Waals surface area contributed by atoms with Gasteiger partial charge >= 0.3 is 0 Å². The number of pyridine rings is 1. The third-order valence-corrected chi connectivity index (χ3v) is 8.16. The molecule has 0 amide bonds. The Kier molecular flexibility index (Phi) is 7.89. The highest BCUT2D eigenvalue weighted by Crippen LogP contribution is 2.46. The zero-order chi connectivity index (χ0) is 26.6. The third-order valence-electron chi connectivity index (χ3n) is 8.16. The maximum absolute atomic E-state index is 13.8. The van der Waals surface area contributed by atoms with E-state index in [1.165, 1.54) is 5.56 Å². The van der Waals surface area contributed by atoms with Crippen LogP contribution in [-0.2, 0) is 23.0 Å². The van der Waals surface area contributed by atoms with E-state index in [0.717, 1.165) is 59.6 Å². The second kappa shape index (κ2) is 11.5. The summed E-state index contributed by atoms with van der Waals surface area (Å²) in [5, 5.41) is 4.37. The minimum atomic E-state index is 0.300. The second-order valence-electron chi connectivity index (χ2n) is 10.9. The maximum Gasteiger partial charge on any atom is 0.139 e. The van der Waals surface area contributed by atoms with Crippen molar-refractivity contribution in [3.05, 3.63) is 89.8 Å². The summed E-state index contributed by atoms with van der Waals surface area (Å²) >= 11 is 0. The lowest BCUT2D eigenvalue weighted by Gasteiger charge is -2.20. The van der Waals surface area contributed by atoms with Gasteiger partial charge in [0, 0.05) is 80.4 Å². The molecule has 3 heterocycles. The lowest BCUT2D eigenvalue weighted by molar-refractivity contribution is -0.119. The van der Waals surface area contributed by atoms with Gasteiger partial charge in [0.15, 0.2) is 0 Å². The van der Waals surface area contributed by atoms with Crippen LogP contribution in [0.1, 0.15) is 54.1 Å². The van der Waals surface area contributed by atoms with Crippen molar-refractivity contribution >= 4 is 5.78 Å². The van der Waals surface area contributed by atoms with Crippen LogP contribution in [0.25, 0.3) is 16.8 Å². The number of aryl methyl sites for hydroxylation is 2. The number of rotatable bonds is 10. The third kappa shape index (κ3) is 5.65. The number of hydrogen-bond acceptors (Lipinski definition) is 4. The van der Waals surface area contributed by atoms with Gasteiger partial charge in [-0.15, -0.1) is 0 Å². The van der Waals surface area contributed by atoms with E-state index in [4.69, 9.17) is 4.74 Å². The van der Waals surface area contributed by atoms with Gasteiger partial charge in [0.2, 0.25) is 0 Å². The molecule has 198 valence electrons. The Morgan fingerprint density at radius 3 is 2.63 bits per heavy atom. The fraction of sp³-hybridized carbons (Fsp3) is 0.406. The van der Waals surface area contributed by atoms with Gasteiger partial charge in [-0.3, -0.25) is 14.5 Å². The smallest absolute Gasteiger partial charge is 0.139 e. The molecule has 1 saturated carbocycles. The normalized spacial score (nSPS) is 19.2. The van der Waals surface area contributed by atoms with Gasteiger partial charge in [0.05, 0.1) is 6.20 Å². The van der Waals surface area contributed by atoms with E-state index in [0.29, 0.717) is 36.4 Å². The Morgan fingerprint density at radius 1 is 1.11 bits per heavy atom. The fourth-order valence-electron chi connectivity index (χ4n) is 6.27. The number of para-hydroxylation sites is 1. The van der Waals surface area contributed by atoms with E-state index in [2.05, 4.69) is 52.0 Å². The molecule has 0 aliphatic heterocycles. The maximum atomic E-state index is 13.8. The van der Waals surface area contributed by atoms with Crippen molar-refractivity contribution in [3.63, 3.8) is 0 Å². The first-order chi connectivity index (χ1) is 18.4. The van der Waals surface area contributed by atoms with Crippen LogP contribution < -0.4 is 0 Å². The van der Waals surface area contributed by atoms with Gasteiger partial charge in [0.1, 0.15) is 5.78 Å². The summed E-state index contributed by atoms with van der Waals surface area (Å²) in [5.74, 6) is 1.60. The number of Topliss-reactive ketones (excluding diaryl/α,β-unsaturated/α-hetero) is 1. The van der Waals surface area contributed by atoms with Crippen molar-refractivity contribution in [3.8, 4) is 16.8 Å². The molecule has 3 atom stereocenters. The molecule has 0 saturated heterocycles. The number of carbonyl (C=O) groups excluding carboxylic acids is 1. The standard InChI is InChI=1S/C32H38N4O2/c1-22-14-25(10-12-33-22)30-16-24(11-13-38-4)15-26(30)17-29(37)18-32-23(2)31(27-19-34-35(3)20-27)21-36(32)28-8-6-5-7-9-28/h5-10,12,14,19-21,24,26,30H,11,13,15-18H2,1-4H3/t24-,26+,30+/m1/s1. The Balaban J connectivity index is 1.41. The van der Waals surface area contributed by atoms with E-state index in [9.17, 15) is 4.79 Å². The highest BCUT2D eigenvalue weighted by atomic mass is 16.5. The molecular formula is C32H38N4O2. The van der Waals surface area contributed by atoms with Crippen LogP contribution in [-0.4, -0.2) is 38.8 Å². The highest BCUT2D eigenvalue weighted by molar-refractivity contribution is 5.82. The number of ketones is 1. The lowest BCUT2D eigenvalue weighted by Crippen LogP contribution is -2.16. The molecule has 6 heteroatoms. The van der Waals surface area contributed by atoms with Crippen LogP contribution in [0.5, 0.6) is 0 Å². The first-order valence-electron chi connectivity index (χ1n) is 13.6. The largest absolute Gasteiger partial charge is 0.385 e. The fourth-order valence-corrected chi connectivity index (χ4v) is 6.27.